The molecule has 4 rings (SSSR count). The fourth-order valence-electron chi connectivity index (χ4n) is 3.26. The number of aromatic nitrogens is 4. The molecule has 1 saturated heterocycles. The average Bonchev–Trinajstić information content (AvgIpc) is 3.36. The van der Waals surface area contributed by atoms with Crippen LogP contribution in [0.3, 0.4) is 0 Å². The number of likely N-dealkylation sites (tertiary alicyclic amines) is 1. The molecule has 0 aromatic carbocycles. The summed E-state index contributed by atoms with van der Waals surface area (Å²) in [5.74, 6) is 0.00509. The first kappa shape index (κ1) is 21.4. The van der Waals surface area contributed by atoms with Crippen LogP contribution in [-0.4, -0.2) is 68.6 Å². The number of nitrogens with one attached hydrogen (secondary N) is 1. The zero-order valence-corrected chi connectivity index (χ0v) is 17.6. The Bertz CT molecular complexity index is 1100. The third-order valence-electron chi connectivity index (χ3n) is 4.73. The maximum atomic E-state index is 13.0. The number of piperidine rings is 1. The van der Waals surface area contributed by atoms with Gasteiger partial charge in [0, 0.05) is 36.8 Å². The number of nitrogens with zero attached hydrogens (tertiary/aromatic N) is 5. The van der Waals surface area contributed by atoms with Gasteiger partial charge in [0.1, 0.15) is 15.7 Å². The molecule has 0 atom stereocenters. The van der Waals surface area contributed by atoms with Crippen LogP contribution in [0, 0.1) is 0 Å². The zero-order chi connectivity index (χ0) is 22.0. The van der Waals surface area contributed by atoms with Gasteiger partial charge in [0.15, 0.2) is 12.4 Å². The Balaban J connectivity index is 1.41. The first-order chi connectivity index (χ1) is 14.9. The maximum absolute atomic E-state index is 13.0. The van der Waals surface area contributed by atoms with Crippen LogP contribution in [0.5, 0.6) is 0 Å². The molecule has 13 heteroatoms. The van der Waals surface area contributed by atoms with E-state index in [-0.39, 0.29) is 22.8 Å². The van der Waals surface area contributed by atoms with Crippen molar-refractivity contribution in [1.82, 2.24) is 29.8 Å². The number of fused-ring (bicyclic) bond motifs is 1. The van der Waals surface area contributed by atoms with Gasteiger partial charge in [0.05, 0.1) is 11.8 Å². The monoisotopic (exact) mass is 470 g/mol. The number of alkyl halides is 2. The van der Waals surface area contributed by atoms with Crippen molar-refractivity contribution in [2.24, 2.45) is 0 Å². The van der Waals surface area contributed by atoms with Gasteiger partial charge in [-0.25, -0.2) is 28.1 Å². The minimum Gasteiger partial charge on any atom is -0.443 e. The van der Waals surface area contributed by atoms with Gasteiger partial charge in [-0.3, -0.25) is 4.79 Å². The fraction of sp³-hybridized carbons (Fsp3) is 0.389. The number of rotatable bonds is 5. The molecule has 1 fully saturated rings. The van der Waals surface area contributed by atoms with E-state index >= 15 is 0 Å². The smallest absolute Gasteiger partial charge is 0.407 e. The molecule has 2 amide bonds. The highest BCUT2D eigenvalue weighted by Gasteiger charge is 2.27. The van der Waals surface area contributed by atoms with Crippen LogP contribution in [0.4, 0.5) is 13.6 Å². The molecular formula is C18H17ClF2N6O3S. The van der Waals surface area contributed by atoms with Gasteiger partial charge in [0.2, 0.25) is 0 Å². The van der Waals surface area contributed by atoms with Crippen molar-refractivity contribution in [1.29, 1.82) is 0 Å². The molecule has 0 radical (unpaired) electrons. The first-order valence-electron chi connectivity index (χ1n) is 9.37. The number of carbonyl (C=O) groups excluding carboxylic acids is 2. The molecule has 1 N–H and O–H groups in total. The average molecular weight is 471 g/mol. The van der Waals surface area contributed by atoms with Gasteiger partial charge >= 0.3 is 6.09 Å². The molecule has 0 spiro atoms. The van der Waals surface area contributed by atoms with Crippen molar-refractivity contribution in [3.05, 3.63) is 34.7 Å². The molecule has 31 heavy (non-hydrogen) atoms. The van der Waals surface area contributed by atoms with Gasteiger partial charge in [-0.15, -0.1) is 11.3 Å². The van der Waals surface area contributed by atoms with Gasteiger partial charge in [-0.2, -0.15) is 5.10 Å². The quantitative estimate of drug-likeness (QED) is 0.575. The molecule has 0 saturated carbocycles. The van der Waals surface area contributed by atoms with Crippen molar-refractivity contribution in [2.45, 2.75) is 25.3 Å². The lowest BCUT2D eigenvalue weighted by atomic mass is 10.0. The van der Waals surface area contributed by atoms with Gasteiger partial charge in [0.25, 0.3) is 12.3 Å². The van der Waals surface area contributed by atoms with Gasteiger partial charge < -0.3 is 15.0 Å². The molecular weight excluding hydrogens is 454 g/mol. The molecule has 1 aliphatic rings. The molecule has 164 valence electrons. The van der Waals surface area contributed by atoms with Crippen molar-refractivity contribution in [3.8, 4) is 11.4 Å². The Morgan fingerprint density at radius 2 is 2.10 bits per heavy atom. The second-order valence-corrected chi connectivity index (χ2v) is 8.09. The number of hydrogen-bond donors (Lipinski definition) is 1. The minimum absolute atomic E-state index is 0.141. The normalized spacial score (nSPS) is 14.9. The highest BCUT2D eigenvalue weighted by molar-refractivity contribution is 7.16. The fourth-order valence-corrected chi connectivity index (χ4v) is 4.24. The first-order valence-corrected chi connectivity index (χ1v) is 10.6. The van der Waals surface area contributed by atoms with Gasteiger partial charge in [-0.05, 0) is 12.8 Å². The van der Waals surface area contributed by atoms with Crippen LogP contribution in [0.2, 0.25) is 5.15 Å². The largest absolute Gasteiger partial charge is 0.443 e. The summed E-state index contributed by atoms with van der Waals surface area (Å²) in [6.07, 6.45) is 0.741. The Hall–Kier alpha value is -2.86. The van der Waals surface area contributed by atoms with E-state index in [2.05, 4.69) is 25.1 Å². The summed E-state index contributed by atoms with van der Waals surface area (Å²) in [6.45, 7) is -0.230. The van der Waals surface area contributed by atoms with Gasteiger partial charge in [-0.1, -0.05) is 11.6 Å². The molecule has 1 aliphatic heterocycles. The van der Waals surface area contributed by atoms with Crippen molar-refractivity contribution >= 4 is 39.8 Å². The Kier molecular flexibility index (Phi) is 6.28. The molecule has 4 heterocycles. The van der Waals surface area contributed by atoms with Crippen molar-refractivity contribution in [2.75, 3.05) is 19.7 Å². The van der Waals surface area contributed by atoms with Crippen LogP contribution in [0.15, 0.2) is 23.8 Å². The maximum Gasteiger partial charge on any atom is 0.407 e. The van der Waals surface area contributed by atoms with E-state index in [0.29, 0.717) is 37.3 Å². The SMILES string of the molecule is O=C(NC1CCN(C(=O)c2cc(Cl)nc(-c3cnn4ccsc34)n2)CC1)OCC(F)F. The predicted molar refractivity (Wildman–Crippen MR) is 109 cm³/mol. The van der Waals surface area contributed by atoms with E-state index in [4.69, 9.17) is 11.6 Å². The number of thiazole rings is 1. The second-order valence-electron chi connectivity index (χ2n) is 6.81. The number of hydrogen-bond acceptors (Lipinski definition) is 7. The van der Waals surface area contributed by atoms with E-state index in [1.54, 1.807) is 15.6 Å². The number of halogens is 3. The lowest BCUT2D eigenvalue weighted by Gasteiger charge is -2.32. The summed E-state index contributed by atoms with van der Waals surface area (Å²) >= 11 is 7.62. The zero-order valence-electron chi connectivity index (χ0n) is 16.0. The third-order valence-corrected chi connectivity index (χ3v) is 5.81. The van der Waals surface area contributed by atoms with E-state index in [0.717, 1.165) is 4.83 Å². The standard InChI is InChI=1S/C18H17ClF2N6O3S/c19-13-7-12(24-15(25-13)11-8-22-27-5-6-31-17(11)27)16(28)26-3-1-10(2-4-26)23-18(29)30-9-14(20)21/h5-8,10,14H,1-4,9H2,(H,23,29). The van der Waals surface area contributed by atoms with Crippen LogP contribution in [0.1, 0.15) is 23.3 Å². The molecule has 0 aliphatic carbocycles. The number of alkyl carbamates (subject to hydrolysis) is 1. The summed E-state index contributed by atoms with van der Waals surface area (Å²) in [5.41, 5.74) is 0.838. The summed E-state index contributed by atoms with van der Waals surface area (Å²) in [7, 11) is 0. The van der Waals surface area contributed by atoms with E-state index in [9.17, 15) is 18.4 Å². The van der Waals surface area contributed by atoms with E-state index in [1.165, 1.54) is 17.4 Å². The summed E-state index contributed by atoms with van der Waals surface area (Å²) < 4.78 is 30.3. The van der Waals surface area contributed by atoms with E-state index < -0.39 is 19.1 Å². The summed E-state index contributed by atoms with van der Waals surface area (Å²) in [6, 6.07) is 1.15. The van der Waals surface area contributed by atoms with Crippen LogP contribution in [-0.2, 0) is 4.74 Å². The molecule has 3 aromatic rings. The highest BCUT2D eigenvalue weighted by atomic mass is 35.5. The van der Waals surface area contributed by atoms with Crippen molar-refractivity contribution in [3.63, 3.8) is 0 Å². The van der Waals surface area contributed by atoms with Crippen molar-refractivity contribution < 1.29 is 23.1 Å². The molecule has 0 unspecified atom stereocenters. The topological polar surface area (TPSA) is 102 Å². The second kappa shape index (κ2) is 9.10. The lowest BCUT2D eigenvalue weighted by Crippen LogP contribution is -2.47. The number of ether oxygens (including phenoxy) is 1. The Morgan fingerprint density at radius 3 is 2.84 bits per heavy atom. The van der Waals surface area contributed by atoms with E-state index in [1.807, 2.05) is 11.6 Å². The van der Waals surface area contributed by atoms with Crippen LogP contribution >= 0.6 is 22.9 Å². The molecule has 3 aromatic heterocycles. The Labute approximate surface area is 184 Å². The molecule has 0 bridgehead atoms. The predicted octanol–water partition coefficient (Wildman–Crippen LogP) is 3.10. The number of carbonyl (C=O) groups is 2. The molecule has 9 nitrogen and oxygen atoms in total. The Morgan fingerprint density at radius 1 is 1.32 bits per heavy atom. The van der Waals surface area contributed by atoms with Crippen LogP contribution < -0.4 is 5.32 Å². The van der Waals surface area contributed by atoms with Crippen LogP contribution in [0.25, 0.3) is 16.2 Å². The summed E-state index contributed by atoms with van der Waals surface area (Å²) in [5, 5.41) is 8.78. The lowest BCUT2D eigenvalue weighted by molar-refractivity contribution is 0.0456. The summed E-state index contributed by atoms with van der Waals surface area (Å²) in [4.78, 5) is 35.6. The number of amides is 2. The third kappa shape index (κ3) is 4.90. The minimum atomic E-state index is -2.71. The highest BCUT2D eigenvalue weighted by Crippen LogP contribution is 2.26.